The molecular weight excluding hydrogens is 464 g/mol. The highest BCUT2D eigenvalue weighted by molar-refractivity contribution is 7.08. The van der Waals surface area contributed by atoms with Crippen LogP contribution in [0.2, 0.25) is 0 Å². The number of anilines is 3. The van der Waals surface area contributed by atoms with E-state index in [4.69, 9.17) is 5.73 Å². The lowest BCUT2D eigenvalue weighted by atomic mass is 10.1. The van der Waals surface area contributed by atoms with Gasteiger partial charge in [-0.15, -0.1) is 6.58 Å². The quantitative estimate of drug-likeness (QED) is 0.383. The number of carbonyl (C=O) groups excluding carboxylic acids is 1. The number of thiophene rings is 1. The third-order valence-electron chi connectivity index (χ3n) is 6.09. The number of rotatable bonds is 7. The fourth-order valence-corrected chi connectivity index (χ4v) is 4.89. The van der Waals surface area contributed by atoms with Gasteiger partial charge in [-0.1, -0.05) is 6.08 Å². The van der Waals surface area contributed by atoms with Crippen LogP contribution in [0.5, 0.6) is 0 Å². The molecule has 0 spiro atoms. The van der Waals surface area contributed by atoms with Gasteiger partial charge < -0.3 is 20.9 Å². The zero-order valence-electron chi connectivity index (χ0n) is 19.3. The maximum absolute atomic E-state index is 13.0. The van der Waals surface area contributed by atoms with E-state index in [2.05, 4.69) is 38.7 Å². The molecule has 1 aromatic carbocycles. The Morgan fingerprint density at radius 2 is 2.06 bits per heavy atom. The summed E-state index contributed by atoms with van der Waals surface area (Å²) in [5, 5.41) is 7.46. The molecule has 35 heavy (non-hydrogen) atoms. The SMILES string of the molecule is C=CCn1c(=O)c2cnc(Nc3ccc(N4CCN(C)CC4)c(C(N)=O)c3)nc2n1-c1ccsc1. The first kappa shape index (κ1) is 22.8. The predicted octanol–water partition coefficient (Wildman–Crippen LogP) is 2.42. The molecule has 10 nitrogen and oxygen atoms in total. The smallest absolute Gasteiger partial charge is 0.278 e. The topological polar surface area (TPSA) is 114 Å². The summed E-state index contributed by atoms with van der Waals surface area (Å²) >= 11 is 1.53. The third kappa shape index (κ3) is 4.31. The molecule has 4 aromatic rings. The summed E-state index contributed by atoms with van der Waals surface area (Å²) in [7, 11) is 2.08. The van der Waals surface area contributed by atoms with Crippen LogP contribution in [0, 0.1) is 0 Å². The number of aromatic nitrogens is 4. The molecule has 1 saturated heterocycles. The van der Waals surface area contributed by atoms with Crippen molar-refractivity contribution < 1.29 is 4.79 Å². The number of nitrogens with zero attached hydrogens (tertiary/aromatic N) is 6. The molecule has 180 valence electrons. The molecule has 4 heterocycles. The van der Waals surface area contributed by atoms with E-state index in [1.54, 1.807) is 21.5 Å². The molecule has 5 rings (SSSR count). The number of piperazine rings is 1. The average Bonchev–Trinajstić information content (AvgIpc) is 3.47. The monoisotopic (exact) mass is 490 g/mol. The number of nitrogens with two attached hydrogens (primary N) is 1. The molecule has 0 unspecified atom stereocenters. The zero-order chi connectivity index (χ0) is 24.5. The van der Waals surface area contributed by atoms with Crippen molar-refractivity contribution >= 4 is 45.6 Å². The van der Waals surface area contributed by atoms with Gasteiger partial charge in [0.25, 0.3) is 11.5 Å². The minimum atomic E-state index is -0.494. The van der Waals surface area contributed by atoms with Crippen LogP contribution in [0.1, 0.15) is 10.4 Å². The van der Waals surface area contributed by atoms with E-state index >= 15 is 0 Å². The van der Waals surface area contributed by atoms with E-state index in [0.717, 1.165) is 37.6 Å². The van der Waals surface area contributed by atoms with Crippen LogP contribution in [0.3, 0.4) is 0 Å². The van der Waals surface area contributed by atoms with Crippen LogP contribution in [0.25, 0.3) is 16.7 Å². The Bertz CT molecular complexity index is 1450. The van der Waals surface area contributed by atoms with Crippen LogP contribution < -0.4 is 21.5 Å². The van der Waals surface area contributed by atoms with Gasteiger partial charge in [0, 0.05) is 49.1 Å². The van der Waals surface area contributed by atoms with Gasteiger partial charge in [-0.05, 0) is 36.7 Å². The summed E-state index contributed by atoms with van der Waals surface area (Å²) in [6.45, 7) is 7.59. The summed E-state index contributed by atoms with van der Waals surface area (Å²) in [6, 6.07) is 7.42. The van der Waals surface area contributed by atoms with Crippen molar-refractivity contribution in [2.24, 2.45) is 5.73 Å². The predicted molar refractivity (Wildman–Crippen MR) is 139 cm³/mol. The molecule has 0 atom stereocenters. The van der Waals surface area contributed by atoms with E-state index in [9.17, 15) is 9.59 Å². The highest BCUT2D eigenvalue weighted by atomic mass is 32.1. The molecule has 1 fully saturated rings. The molecule has 0 aliphatic carbocycles. The van der Waals surface area contributed by atoms with Crippen molar-refractivity contribution in [1.82, 2.24) is 24.2 Å². The fraction of sp³-hybridized carbons (Fsp3) is 0.250. The van der Waals surface area contributed by atoms with E-state index in [-0.39, 0.29) is 5.56 Å². The first-order valence-corrected chi connectivity index (χ1v) is 12.2. The van der Waals surface area contributed by atoms with Gasteiger partial charge in [0.1, 0.15) is 5.39 Å². The number of amides is 1. The van der Waals surface area contributed by atoms with E-state index in [1.165, 1.54) is 17.5 Å². The molecule has 1 amide bonds. The highest BCUT2D eigenvalue weighted by Gasteiger charge is 2.21. The summed E-state index contributed by atoms with van der Waals surface area (Å²) in [6.07, 6.45) is 3.19. The fourth-order valence-electron chi connectivity index (χ4n) is 4.28. The molecule has 1 aliphatic heterocycles. The molecule has 11 heteroatoms. The molecular formula is C24H26N8O2S. The van der Waals surface area contributed by atoms with Crippen molar-refractivity contribution in [2.45, 2.75) is 6.54 Å². The van der Waals surface area contributed by atoms with Crippen molar-refractivity contribution in [3.05, 3.63) is 69.8 Å². The average molecular weight is 491 g/mol. The Hall–Kier alpha value is -3.96. The molecule has 3 aromatic heterocycles. The second-order valence-electron chi connectivity index (χ2n) is 8.41. The number of benzene rings is 1. The summed E-state index contributed by atoms with van der Waals surface area (Å²) in [5.74, 6) is -0.188. The van der Waals surface area contributed by atoms with Gasteiger partial charge >= 0.3 is 0 Å². The normalized spacial score (nSPS) is 14.4. The Kier molecular flexibility index (Phi) is 6.10. The van der Waals surface area contributed by atoms with E-state index in [0.29, 0.717) is 34.8 Å². The number of allylic oxidation sites excluding steroid dienone is 1. The molecule has 3 N–H and O–H groups in total. The van der Waals surface area contributed by atoms with Crippen LogP contribution in [-0.4, -0.2) is 63.4 Å². The lowest BCUT2D eigenvalue weighted by Gasteiger charge is -2.35. The van der Waals surface area contributed by atoms with Crippen molar-refractivity contribution in [3.8, 4) is 5.69 Å². The Morgan fingerprint density at radius 1 is 1.26 bits per heavy atom. The summed E-state index contributed by atoms with van der Waals surface area (Å²) < 4.78 is 3.35. The van der Waals surface area contributed by atoms with Crippen molar-refractivity contribution in [2.75, 3.05) is 43.4 Å². The minimum Gasteiger partial charge on any atom is -0.368 e. The molecule has 0 saturated carbocycles. The van der Waals surface area contributed by atoms with E-state index in [1.807, 2.05) is 29.0 Å². The van der Waals surface area contributed by atoms with Gasteiger partial charge in [0.15, 0.2) is 5.65 Å². The lowest BCUT2D eigenvalue weighted by Crippen LogP contribution is -2.45. The summed E-state index contributed by atoms with van der Waals surface area (Å²) in [4.78, 5) is 38.7. The second-order valence-corrected chi connectivity index (χ2v) is 9.19. The Morgan fingerprint density at radius 3 is 2.74 bits per heavy atom. The van der Waals surface area contributed by atoms with Crippen molar-refractivity contribution in [3.63, 3.8) is 0 Å². The molecule has 0 bridgehead atoms. The van der Waals surface area contributed by atoms with Gasteiger partial charge in [0.05, 0.1) is 17.8 Å². The third-order valence-corrected chi connectivity index (χ3v) is 6.76. The standard InChI is InChI=1S/C24H26N8O2S/c1-3-7-31-23(34)19-14-26-24(28-22(19)32(31)17-6-12-35-15-17)27-16-4-5-20(18(13-16)21(25)33)30-10-8-29(2)9-11-30/h3-6,12-15H,1,7-11H2,2H3,(H2,25,33)(H,26,27,28). The Balaban J connectivity index is 1.51. The highest BCUT2D eigenvalue weighted by Crippen LogP contribution is 2.27. The van der Waals surface area contributed by atoms with Gasteiger partial charge in [-0.2, -0.15) is 16.3 Å². The summed E-state index contributed by atoms with van der Waals surface area (Å²) in [5.41, 5.74) is 8.74. The van der Waals surface area contributed by atoms with Crippen molar-refractivity contribution in [1.29, 1.82) is 0 Å². The maximum atomic E-state index is 13.0. The number of fused-ring (bicyclic) bond motifs is 1. The number of carbonyl (C=O) groups is 1. The van der Waals surface area contributed by atoms with Crippen LogP contribution in [-0.2, 0) is 6.54 Å². The maximum Gasteiger partial charge on any atom is 0.278 e. The Labute approximate surface area is 205 Å². The largest absolute Gasteiger partial charge is 0.368 e. The number of primary amides is 1. The lowest BCUT2D eigenvalue weighted by molar-refractivity contribution is 0.100. The zero-order valence-corrected chi connectivity index (χ0v) is 20.2. The van der Waals surface area contributed by atoms with Gasteiger partial charge in [-0.25, -0.2) is 14.3 Å². The first-order valence-electron chi connectivity index (χ1n) is 11.2. The molecule has 1 aliphatic rings. The number of nitrogens with one attached hydrogen (secondary N) is 1. The number of likely N-dealkylation sites (N-methyl/N-ethyl adjacent to an activating group) is 1. The second kappa shape index (κ2) is 9.35. The van der Waals surface area contributed by atoms with Gasteiger partial charge in [-0.3, -0.25) is 9.59 Å². The minimum absolute atomic E-state index is 0.190. The van der Waals surface area contributed by atoms with Crippen LogP contribution in [0.4, 0.5) is 17.3 Å². The first-order chi connectivity index (χ1) is 17.0. The van der Waals surface area contributed by atoms with E-state index < -0.39 is 5.91 Å². The molecule has 0 radical (unpaired) electrons. The van der Waals surface area contributed by atoms with Crippen LogP contribution >= 0.6 is 11.3 Å². The van der Waals surface area contributed by atoms with Crippen LogP contribution in [0.15, 0.2) is 58.7 Å². The number of hydrogen-bond donors (Lipinski definition) is 2. The number of hydrogen-bond acceptors (Lipinski definition) is 8. The van der Waals surface area contributed by atoms with Gasteiger partial charge in [0.2, 0.25) is 5.95 Å².